The molecule has 1 N–H and O–H groups in total. The van der Waals surface area contributed by atoms with E-state index in [4.69, 9.17) is 4.74 Å². The lowest BCUT2D eigenvalue weighted by atomic mass is 10.00. The summed E-state index contributed by atoms with van der Waals surface area (Å²) in [7, 11) is 1.64. The van der Waals surface area contributed by atoms with Gasteiger partial charge in [0.15, 0.2) is 5.69 Å². The van der Waals surface area contributed by atoms with E-state index < -0.39 is 0 Å². The van der Waals surface area contributed by atoms with Gasteiger partial charge in [-0.1, -0.05) is 43.2 Å². The van der Waals surface area contributed by atoms with E-state index >= 15 is 0 Å². The molecule has 1 amide bonds. The van der Waals surface area contributed by atoms with Gasteiger partial charge in [-0.15, -0.1) is 0 Å². The monoisotopic (exact) mass is 377 g/mol. The molecule has 2 heterocycles. The molecule has 4 rings (SSSR count). The lowest BCUT2D eigenvalue weighted by Crippen LogP contribution is -2.36. The number of nitrogens with zero attached hydrogens (tertiary/aromatic N) is 2. The number of carbonyl (C=O) groups excluding carboxylic acids is 1. The van der Waals surface area contributed by atoms with Crippen molar-refractivity contribution in [3.8, 4) is 5.75 Å². The molecule has 1 fully saturated rings. The molecule has 6 nitrogen and oxygen atoms in total. The van der Waals surface area contributed by atoms with Crippen molar-refractivity contribution >= 4 is 16.7 Å². The van der Waals surface area contributed by atoms with Gasteiger partial charge >= 0.3 is 0 Å². The number of nitrogens with one attached hydrogen (secondary N) is 1. The van der Waals surface area contributed by atoms with Crippen molar-refractivity contribution in [1.82, 2.24) is 15.1 Å². The molecule has 1 aliphatic heterocycles. The maximum absolute atomic E-state index is 13.5. The number of aromatic nitrogens is 2. The minimum Gasteiger partial charge on any atom is -0.497 e. The zero-order chi connectivity index (χ0) is 19.5. The number of hydrogen-bond acceptors (Lipinski definition) is 4. The van der Waals surface area contributed by atoms with Crippen molar-refractivity contribution in [2.75, 3.05) is 13.7 Å². The van der Waals surface area contributed by atoms with Gasteiger partial charge in [0.1, 0.15) is 5.75 Å². The highest BCUT2D eigenvalue weighted by Gasteiger charge is 2.29. The Bertz CT molecular complexity index is 1040. The Morgan fingerprint density at radius 3 is 2.57 bits per heavy atom. The number of amides is 1. The summed E-state index contributed by atoms with van der Waals surface area (Å²) < 4.78 is 5.26. The Morgan fingerprint density at radius 2 is 1.82 bits per heavy atom. The van der Waals surface area contributed by atoms with Crippen molar-refractivity contribution in [2.45, 2.75) is 31.7 Å². The first-order chi connectivity index (χ1) is 13.7. The van der Waals surface area contributed by atoms with Gasteiger partial charge in [-0.2, -0.15) is 5.10 Å². The Labute approximate surface area is 163 Å². The standard InChI is InChI=1S/C22H23N3O3/c1-28-16-12-10-15(11-13-16)19-9-3-2-6-14-25(19)22(27)20-17-7-4-5-8-18(17)21(26)24-23-20/h4-5,7-8,10-13,19H,2-3,6,9,14H2,1H3,(H,24,26)/t19-/m0/s1. The second-order valence-corrected chi connectivity index (χ2v) is 7.08. The average Bonchev–Trinajstić information content (AvgIpc) is 3.00. The molecule has 28 heavy (non-hydrogen) atoms. The van der Waals surface area contributed by atoms with Gasteiger partial charge < -0.3 is 9.64 Å². The van der Waals surface area contributed by atoms with Crippen LogP contribution in [-0.4, -0.2) is 34.7 Å². The van der Waals surface area contributed by atoms with Crippen molar-refractivity contribution in [2.24, 2.45) is 0 Å². The van der Waals surface area contributed by atoms with Crippen LogP contribution in [-0.2, 0) is 0 Å². The van der Waals surface area contributed by atoms with Gasteiger partial charge in [-0.05, 0) is 36.6 Å². The molecule has 6 heteroatoms. The minimum atomic E-state index is -0.283. The van der Waals surface area contributed by atoms with Crippen LogP contribution in [0.1, 0.15) is 47.8 Å². The summed E-state index contributed by atoms with van der Waals surface area (Å²) in [5.41, 5.74) is 1.11. The molecule has 0 saturated carbocycles. The van der Waals surface area contributed by atoms with E-state index in [1.807, 2.05) is 35.2 Å². The third-order valence-electron chi connectivity index (χ3n) is 5.41. The number of methoxy groups -OCH3 is 1. The van der Waals surface area contributed by atoms with Crippen LogP contribution in [0.25, 0.3) is 10.8 Å². The topological polar surface area (TPSA) is 75.3 Å². The van der Waals surface area contributed by atoms with Crippen molar-refractivity contribution in [3.05, 3.63) is 70.1 Å². The third kappa shape index (κ3) is 3.38. The fraction of sp³-hybridized carbons (Fsp3) is 0.318. The van der Waals surface area contributed by atoms with Crippen LogP contribution in [0.4, 0.5) is 0 Å². The van der Waals surface area contributed by atoms with E-state index in [1.54, 1.807) is 25.3 Å². The van der Waals surface area contributed by atoms with Crippen LogP contribution in [0.5, 0.6) is 5.75 Å². The zero-order valence-electron chi connectivity index (χ0n) is 15.9. The predicted octanol–water partition coefficient (Wildman–Crippen LogP) is 3.69. The summed E-state index contributed by atoms with van der Waals surface area (Å²) in [6.45, 7) is 0.671. The Morgan fingerprint density at radius 1 is 1.07 bits per heavy atom. The number of ether oxygens (including phenoxy) is 1. The van der Waals surface area contributed by atoms with Crippen molar-refractivity contribution in [1.29, 1.82) is 0 Å². The molecule has 3 aromatic rings. The number of rotatable bonds is 3. The summed E-state index contributed by atoms with van der Waals surface area (Å²) in [5.74, 6) is 0.652. The van der Waals surface area contributed by atoms with Crippen molar-refractivity contribution < 1.29 is 9.53 Å². The largest absolute Gasteiger partial charge is 0.497 e. The first kappa shape index (κ1) is 18.2. The molecule has 0 spiro atoms. The van der Waals surface area contributed by atoms with Crippen LogP contribution in [0.2, 0.25) is 0 Å². The molecule has 1 aliphatic rings. The maximum atomic E-state index is 13.5. The van der Waals surface area contributed by atoms with E-state index in [1.165, 1.54) is 0 Å². The van der Waals surface area contributed by atoms with Crippen LogP contribution < -0.4 is 10.3 Å². The molecule has 1 atom stereocenters. The molecule has 0 aliphatic carbocycles. The fourth-order valence-electron chi connectivity index (χ4n) is 3.94. The number of H-pyrrole nitrogens is 1. The molecule has 144 valence electrons. The molecule has 0 radical (unpaired) electrons. The first-order valence-electron chi connectivity index (χ1n) is 9.61. The number of hydrogen-bond donors (Lipinski definition) is 1. The van der Waals surface area contributed by atoms with Crippen LogP contribution in [0.15, 0.2) is 53.3 Å². The number of carbonyl (C=O) groups is 1. The normalized spacial score (nSPS) is 17.3. The van der Waals surface area contributed by atoms with Gasteiger partial charge in [-0.25, -0.2) is 5.10 Å². The summed E-state index contributed by atoms with van der Waals surface area (Å²) in [6, 6.07) is 15.0. The van der Waals surface area contributed by atoms with Crippen LogP contribution in [0.3, 0.4) is 0 Å². The average molecular weight is 377 g/mol. The van der Waals surface area contributed by atoms with E-state index in [2.05, 4.69) is 10.2 Å². The second kappa shape index (κ2) is 7.84. The Balaban J connectivity index is 1.75. The molecular weight excluding hydrogens is 354 g/mol. The van der Waals surface area contributed by atoms with Crippen LogP contribution >= 0.6 is 0 Å². The third-order valence-corrected chi connectivity index (χ3v) is 5.41. The quantitative estimate of drug-likeness (QED) is 0.755. The lowest BCUT2D eigenvalue weighted by molar-refractivity contribution is 0.0676. The second-order valence-electron chi connectivity index (χ2n) is 7.08. The minimum absolute atomic E-state index is 0.0200. The molecular formula is C22H23N3O3. The molecule has 1 saturated heterocycles. The lowest BCUT2D eigenvalue weighted by Gasteiger charge is -2.30. The Kier molecular flexibility index (Phi) is 5.10. The van der Waals surface area contributed by atoms with Gasteiger partial charge in [0, 0.05) is 11.9 Å². The number of fused-ring (bicyclic) bond motifs is 1. The summed E-state index contributed by atoms with van der Waals surface area (Å²) in [6.07, 6.45) is 4.02. The predicted molar refractivity (Wildman–Crippen MR) is 108 cm³/mol. The Hall–Kier alpha value is -3.15. The van der Waals surface area contributed by atoms with E-state index in [-0.39, 0.29) is 17.5 Å². The van der Waals surface area contributed by atoms with Gasteiger partial charge in [-0.3, -0.25) is 9.59 Å². The van der Waals surface area contributed by atoms with E-state index in [0.29, 0.717) is 23.0 Å². The maximum Gasteiger partial charge on any atom is 0.275 e. The number of likely N-dealkylation sites (tertiary alicyclic amines) is 1. The fourth-order valence-corrected chi connectivity index (χ4v) is 3.94. The number of benzene rings is 2. The summed E-state index contributed by atoms with van der Waals surface area (Å²) >= 11 is 0. The zero-order valence-corrected chi connectivity index (χ0v) is 15.9. The molecule has 1 aromatic heterocycles. The summed E-state index contributed by atoms with van der Waals surface area (Å²) in [5, 5.41) is 7.67. The highest BCUT2D eigenvalue weighted by molar-refractivity contribution is 6.04. The SMILES string of the molecule is COc1ccc([C@@H]2CCCCCN2C(=O)c2n[nH]c(=O)c3ccccc23)cc1. The van der Waals surface area contributed by atoms with Gasteiger partial charge in [0.05, 0.1) is 18.5 Å². The first-order valence-corrected chi connectivity index (χ1v) is 9.61. The van der Waals surface area contributed by atoms with E-state index in [0.717, 1.165) is 37.0 Å². The van der Waals surface area contributed by atoms with E-state index in [9.17, 15) is 9.59 Å². The van der Waals surface area contributed by atoms with Gasteiger partial charge in [0.2, 0.25) is 0 Å². The number of aromatic amines is 1. The highest BCUT2D eigenvalue weighted by Crippen LogP contribution is 2.32. The van der Waals surface area contributed by atoms with Gasteiger partial charge in [0.25, 0.3) is 11.5 Å². The molecule has 0 unspecified atom stereocenters. The molecule has 2 aromatic carbocycles. The molecule has 0 bridgehead atoms. The van der Waals surface area contributed by atoms with Crippen molar-refractivity contribution in [3.63, 3.8) is 0 Å². The summed E-state index contributed by atoms with van der Waals surface area (Å²) in [4.78, 5) is 27.5. The smallest absolute Gasteiger partial charge is 0.275 e. The highest BCUT2D eigenvalue weighted by atomic mass is 16.5. The van der Waals surface area contributed by atoms with Crippen LogP contribution in [0, 0.1) is 0 Å².